The SMILES string of the molecule is CCN(CC)C(=O)COC(=O)c1ccccc1OCC(=O)Nc1ccc(Br)cc1. The molecule has 29 heavy (non-hydrogen) atoms. The highest BCUT2D eigenvalue weighted by Gasteiger charge is 2.18. The van der Waals surface area contributed by atoms with Gasteiger partial charge in [0, 0.05) is 23.2 Å². The van der Waals surface area contributed by atoms with E-state index in [0.717, 1.165) is 4.47 Å². The topological polar surface area (TPSA) is 84.9 Å². The zero-order valence-corrected chi connectivity index (χ0v) is 17.9. The molecule has 2 aromatic carbocycles. The van der Waals surface area contributed by atoms with Crippen molar-refractivity contribution in [2.24, 2.45) is 0 Å². The number of para-hydroxylation sites is 1. The second-order valence-corrected chi connectivity index (χ2v) is 6.90. The zero-order chi connectivity index (χ0) is 21.2. The average Bonchev–Trinajstić information content (AvgIpc) is 2.73. The number of amides is 2. The summed E-state index contributed by atoms with van der Waals surface area (Å²) in [6.07, 6.45) is 0. The first-order chi connectivity index (χ1) is 13.9. The largest absolute Gasteiger partial charge is 0.483 e. The van der Waals surface area contributed by atoms with Crippen molar-refractivity contribution in [3.8, 4) is 5.75 Å². The summed E-state index contributed by atoms with van der Waals surface area (Å²) in [5.74, 6) is -1.11. The third kappa shape index (κ3) is 6.90. The molecule has 1 N–H and O–H groups in total. The Morgan fingerprint density at radius 2 is 1.62 bits per heavy atom. The highest BCUT2D eigenvalue weighted by atomic mass is 79.9. The second kappa shape index (κ2) is 11.2. The Bertz CT molecular complexity index is 850. The molecule has 2 aromatic rings. The van der Waals surface area contributed by atoms with E-state index in [-0.39, 0.29) is 36.3 Å². The normalized spacial score (nSPS) is 10.2. The highest BCUT2D eigenvalue weighted by molar-refractivity contribution is 9.10. The molecule has 8 heteroatoms. The van der Waals surface area contributed by atoms with Crippen LogP contribution in [-0.2, 0) is 14.3 Å². The minimum atomic E-state index is -0.686. The Kier molecular flexibility index (Phi) is 8.67. The molecule has 0 bridgehead atoms. The first kappa shape index (κ1) is 22.4. The molecule has 0 aliphatic carbocycles. The maximum Gasteiger partial charge on any atom is 0.342 e. The van der Waals surface area contributed by atoms with Crippen LogP contribution in [0.25, 0.3) is 0 Å². The summed E-state index contributed by atoms with van der Waals surface area (Å²) < 4.78 is 11.5. The fraction of sp³-hybridized carbons (Fsp3) is 0.286. The summed E-state index contributed by atoms with van der Waals surface area (Å²) in [6.45, 7) is 4.16. The summed E-state index contributed by atoms with van der Waals surface area (Å²) in [5.41, 5.74) is 0.778. The molecule has 0 unspecified atom stereocenters. The smallest absolute Gasteiger partial charge is 0.342 e. The number of halogens is 1. The van der Waals surface area contributed by atoms with E-state index < -0.39 is 5.97 Å². The lowest BCUT2D eigenvalue weighted by molar-refractivity contribution is -0.134. The number of nitrogens with zero attached hydrogens (tertiary/aromatic N) is 1. The van der Waals surface area contributed by atoms with Gasteiger partial charge in [-0.25, -0.2) is 4.79 Å². The third-order valence-corrected chi connectivity index (χ3v) is 4.57. The van der Waals surface area contributed by atoms with Gasteiger partial charge in [0.2, 0.25) is 0 Å². The van der Waals surface area contributed by atoms with Crippen molar-refractivity contribution in [3.63, 3.8) is 0 Å². The van der Waals surface area contributed by atoms with E-state index in [2.05, 4.69) is 21.2 Å². The van der Waals surface area contributed by atoms with Crippen LogP contribution in [0.5, 0.6) is 5.75 Å². The van der Waals surface area contributed by atoms with Crippen LogP contribution in [0.4, 0.5) is 5.69 Å². The number of anilines is 1. The summed E-state index contributed by atoms with van der Waals surface area (Å²) in [4.78, 5) is 38.0. The van der Waals surface area contributed by atoms with Crippen molar-refractivity contribution in [3.05, 3.63) is 58.6 Å². The number of ether oxygens (including phenoxy) is 2. The molecular weight excluding hydrogens is 440 g/mol. The maximum atomic E-state index is 12.4. The van der Waals surface area contributed by atoms with Gasteiger partial charge in [0.15, 0.2) is 13.2 Å². The number of esters is 1. The van der Waals surface area contributed by atoms with Gasteiger partial charge in [-0.05, 0) is 50.2 Å². The first-order valence-corrected chi connectivity index (χ1v) is 9.96. The van der Waals surface area contributed by atoms with E-state index in [9.17, 15) is 14.4 Å². The van der Waals surface area contributed by atoms with Gasteiger partial charge in [-0.1, -0.05) is 28.1 Å². The average molecular weight is 463 g/mol. The van der Waals surface area contributed by atoms with Crippen LogP contribution in [-0.4, -0.2) is 49.0 Å². The van der Waals surface area contributed by atoms with E-state index in [4.69, 9.17) is 9.47 Å². The molecule has 0 aliphatic heterocycles. The molecule has 0 aliphatic rings. The summed E-state index contributed by atoms with van der Waals surface area (Å²) in [6, 6.07) is 13.5. The Hall–Kier alpha value is -2.87. The molecule has 0 saturated heterocycles. The van der Waals surface area contributed by atoms with Crippen LogP contribution in [0.2, 0.25) is 0 Å². The number of benzene rings is 2. The van der Waals surface area contributed by atoms with Gasteiger partial charge in [0.25, 0.3) is 11.8 Å². The van der Waals surface area contributed by atoms with Crippen LogP contribution < -0.4 is 10.1 Å². The van der Waals surface area contributed by atoms with Gasteiger partial charge in [-0.15, -0.1) is 0 Å². The second-order valence-electron chi connectivity index (χ2n) is 5.98. The molecule has 0 heterocycles. The summed E-state index contributed by atoms with van der Waals surface area (Å²) >= 11 is 3.33. The lowest BCUT2D eigenvalue weighted by Gasteiger charge is -2.18. The van der Waals surface area contributed by atoms with E-state index in [0.29, 0.717) is 18.8 Å². The van der Waals surface area contributed by atoms with Gasteiger partial charge in [-0.2, -0.15) is 0 Å². The lowest BCUT2D eigenvalue weighted by atomic mass is 10.2. The Morgan fingerprint density at radius 3 is 2.28 bits per heavy atom. The first-order valence-electron chi connectivity index (χ1n) is 9.16. The van der Waals surface area contributed by atoms with Crippen LogP contribution >= 0.6 is 15.9 Å². The van der Waals surface area contributed by atoms with Gasteiger partial charge in [0.1, 0.15) is 11.3 Å². The van der Waals surface area contributed by atoms with E-state index in [1.54, 1.807) is 47.4 Å². The number of carbonyl (C=O) groups is 3. The molecule has 7 nitrogen and oxygen atoms in total. The van der Waals surface area contributed by atoms with Crippen LogP contribution in [0.3, 0.4) is 0 Å². The van der Waals surface area contributed by atoms with Gasteiger partial charge < -0.3 is 19.7 Å². The Morgan fingerprint density at radius 1 is 0.966 bits per heavy atom. The molecule has 0 spiro atoms. The van der Waals surface area contributed by atoms with Crippen molar-refractivity contribution in [2.75, 3.05) is 31.6 Å². The predicted molar refractivity (Wildman–Crippen MR) is 113 cm³/mol. The minimum Gasteiger partial charge on any atom is -0.483 e. The standard InChI is InChI=1S/C21H23BrN2O5/c1-3-24(4-2)20(26)14-29-21(27)17-7-5-6-8-18(17)28-13-19(25)23-16-11-9-15(22)10-12-16/h5-12H,3-4,13-14H2,1-2H3,(H,23,25). The van der Waals surface area contributed by atoms with Crippen molar-refractivity contribution in [1.82, 2.24) is 4.90 Å². The molecule has 0 radical (unpaired) electrons. The summed E-state index contributed by atoms with van der Waals surface area (Å²) in [7, 11) is 0. The third-order valence-electron chi connectivity index (χ3n) is 4.04. The molecule has 154 valence electrons. The molecule has 2 rings (SSSR count). The number of likely N-dealkylation sites (N-methyl/N-ethyl adjacent to an activating group) is 1. The molecule has 0 saturated carbocycles. The number of hydrogen-bond donors (Lipinski definition) is 1. The number of carbonyl (C=O) groups excluding carboxylic acids is 3. The van der Waals surface area contributed by atoms with Crippen LogP contribution in [0.1, 0.15) is 24.2 Å². The number of rotatable bonds is 9. The maximum absolute atomic E-state index is 12.4. The molecule has 0 fully saturated rings. The van der Waals surface area contributed by atoms with E-state index in [1.165, 1.54) is 6.07 Å². The Labute approximate surface area is 178 Å². The molecule has 2 amide bonds. The highest BCUT2D eigenvalue weighted by Crippen LogP contribution is 2.19. The number of nitrogens with one attached hydrogen (secondary N) is 1. The fourth-order valence-corrected chi connectivity index (χ4v) is 2.77. The van der Waals surface area contributed by atoms with Crippen molar-refractivity contribution >= 4 is 39.4 Å². The van der Waals surface area contributed by atoms with E-state index >= 15 is 0 Å². The molecular formula is C21H23BrN2O5. The zero-order valence-electron chi connectivity index (χ0n) is 16.3. The van der Waals surface area contributed by atoms with Gasteiger partial charge in [-0.3, -0.25) is 9.59 Å². The predicted octanol–water partition coefficient (Wildman–Crippen LogP) is 3.49. The van der Waals surface area contributed by atoms with Crippen LogP contribution in [0.15, 0.2) is 53.0 Å². The molecule has 0 aromatic heterocycles. The number of hydrogen-bond acceptors (Lipinski definition) is 5. The van der Waals surface area contributed by atoms with Crippen LogP contribution in [0, 0.1) is 0 Å². The van der Waals surface area contributed by atoms with Gasteiger partial charge in [0.05, 0.1) is 0 Å². The molecule has 0 atom stereocenters. The van der Waals surface area contributed by atoms with Crippen molar-refractivity contribution in [2.45, 2.75) is 13.8 Å². The van der Waals surface area contributed by atoms with Crippen molar-refractivity contribution < 1.29 is 23.9 Å². The quantitative estimate of drug-likeness (QED) is 0.576. The lowest BCUT2D eigenvalue weighted by Crippen LogP contribution is -2.34. The fourth-order valence-electron chi connectivity index (χ4n) is 2.51. The minimum absolute atomic E-state index is 0.149. The Balaban J connectivity index is 1.93. The summed E-state index contributed by atoms with van der Waals surface area (Å²) in [5, 5.41) is 2.70. The van der Waals surface area contributed by atoms with E-state index in [1.807, 2.05) is 13.8 Å². The monoisotopic (exact) mass is 462 g/mol. The van der Waals surface area contributed by atoms with Gasteiger partial charge >= 0.3 is 5.97 Å². The van der Waals surface area contributed by atoms with Crippen molar-refractivity contribution in [1.29, 1.82) is 0 Å².